The van der Waals surface area contributed by atoms with E-state index in [4.69, 9.17) is 5.11 Å². The SMILES string of the molecule is CCC[CH2][Sn]([CH2]/C=C\CO)([CH2]CCC)[CH2]CCC. The number of rotatable bonds is 12. The maximum absolute atomic E-state index is 8.93. The van der Waals surface area contributed by atoms with Crippen molar-refractivity contribution in [1.29, 1.82) is 0 Å². The molecule has 0 saturated carbocycles. The van der Waals surface area contributed by atoms with Gasteiger partial charge in [0.05, 0.1) is 0 Å². The van der Waals surface area contributed by atoms with Crippen LogP contribution in [0.2, 0.25) is 17.7 Å². The molecule has 0 saturated heterocycles. The van der Waals surface area contributed by atoms with Crippen LogP contribution >= 0.6 is 0 Å². The monoisotopic (exact) mass is 362 g/mol. The van der Waals surface area contributed by atoms with E-state index in [1.165, 1.54) is 43.0 Å². The standard InChI is InChI=1S/C4H7O.3C4H9.Sn/c1-2-3-4-5;3*1-3-4-2;/h2-3,5H,1,4H2;3*1,3-4H2,2H3;/b3-2-;;;;. The van der Waals surface area contributed by atoms with Gasteiger partial charge in [0.2, 0.25) is 0 Å². The Morgan fingerprint density at radius 3 is 1.56 bits per heavy atom. The minimum absolute atomic E-state index is 0.220. The second-order valence-electron chi connectivity index (χ2n) is 5.67. The zero-order valence-electron chi connectivity index (χ0n) is 12.9. The molecule has 0 rings (SSSR count). The Bertz CT molecular complexity index is 179. The van der Waals surface area contributed by atoms with E-state index in [0.29, 0.717) is 0 Å². The number of hydrogen-bond donors (Lipinski definition) is 1. The molecule has 0 fully saturated rings. The van der Waals surface area contributed by atoms with E-state index in [2.05, 4.69) is 26.8 Å². The Labute approximate surface area is 119 Å². The number of hydrogen-bond acceptors (Lipinski definition) is 1. The summed E-state index contributed by atoms with van der Waals surface area (Å²) >= 11 is -1.91. The molecule has 0 spiro atoms. The number of aliphatic hydroxyl groups excluding tert-OH is 1. The molecule has 0 atom stereocenters. The average Bonchev–Trinajstić information content (AvgIpc) is 2.40. The van der Waals surface area contributed by atoms with Crippen LogP contribution in [-0.4, -0.2) is 30.1 Å². The van der Waals surface area contributed by atoms with Gasteiger partial charge in [-0.15, -0.1) is 0 Å². The molecule has 0 unspecified atom stereocenters. The third-order valence-electron chi connectivity index (χ3n) is 4.00. The first kappa shape index (κ1) is 18.5. The van der Waals surface area contributed by atoms with Crippen molar-refractivity contribution in [2.75, 3.05) is 6.61 Å². The van der Waals surface area contributed by atoms with Gasteiger partial charge in [-0.2, -0.15) is 0 Å². The molecule has 0 amide bonds. The predicted molar refractivity (Wildman–Crippen MR) is 85.9 cm³/mol. The van der Waals surface area contributed by atoms with Gasteiger partial charge >= 0.3 is 119 Å². The number of aliphatic hydroxyl groups is 1. The van der Waals surface area contributed by atoms with Gasteiger partial charge in [0.1, 0.15) is 0 Å². The van der Waals surface area contributed by atoms with Gasteiger partial charge in [-0.25, -0.2) is 0 Å². The van der Waals surface area contributed by atoms with Crippen LogP contribution in [-0.2, 0) is 0 Å². The molecule has 1 N–H and O–H groups in total. The molecule has 18 heavy (non-hydrogen) atoms. The van der Waals surface area contributed by atoms with Crippen molar-refractivity contribution >= 4 is 18.4 Å². The average molecular weight is 361 g/mol. The zero-order valence-corrected chi connectivity index (χ0v) is 15.7. The Hall–Kier alpha value is 0.499. The molecule has 0 aliphatic heterocycles. The second kappa shape index (κ2) is 12.5. The van der Waals surface area contributed by atoms with Crippen molar-refractivity contribution in [3.8, 4) is 0 Å². The van der Waals surface area contributed by atoms with Crippen molar-refractivity contribution < 1.29 is 5.11 Å². The zero-order chi connectivity index (χ0) is 13.7. The van der Waals surface area contributed by atoms with Gasteiger partial charge in [0.25, 0.3) is 0 Å². The molecule has 0 aliphatic carbocycles. The van der Waals surface area contributed by atoms with Gasteiger partial charge in [0, 0.05) is 0 Å². The van der Waals surface area contributed by atoms with Gasteiger partial charge in [-0.1, -0.05) is 0 Å². The summed E-state index contributed by atoms with van der Waals surface area (Å²) in [5, 5.41) is 8.93. The second-order valence-corrected chi connectivity index (χ2v) is 19.7. The minimum atomic E-state index is -1.91. The fraction of sp³-hybridized carbons (Fsp3) is 0.875. The van der Waals surface area contributed by atoms with Crippen LogP contribution in [0.25, 0.3) is 0 Å². The van der Waals surface area contributed by atoms with Crippen LogP contribution in [0, 0.1) is 0 Å². The van der Waals surface area contributed by atoms with E-state index in [0.717, 1.165) is 0 Å². The van der Waals surface area contributed by atoms with Crippen molar-refractivity contribution in [1.82, 2.24) is 0 Å². The van der Waals surface area contributed by atoms with Crippen LogP contribution in [0.1, 0.15) is 59.3 Å². The van der Waals surface area contributed by atoms with Crippen molar-refractivity contribution in [3.05, 3.63) is 12.2 Å². The first-order valence-corrected chi connectivity index (χ1v) is 16.1. The molecule has 0 aromatic carbocycles. The molecule has 108 valence electrons. The normalized spacial score (nSPS) is 12.4. The van der Waals surface area contributed by atoms with E-state index in [9.17, 15) is 0 Å². The van der Waals surface area contributed by atoms with E-state index < -0.39 is 18.4 Å². The number of unbranched alkanes of at least 4 members (excludes halogenated alkanes) is 3. The van der Waals surface area contributed by atoms with Crippen molar-refractivity contribution in [3.63, 3.8) is 0 Å². The fourth-order valence-electron chi connectivity index (χ4n) is 2.74. The Kier molecular flexibility index (Phi) is 12.9. The van der Waals surface area contributed by atoms with Crippen LogP contribution in [0.5, 0.6) is 0 Å². The Morgan fingerprint density at radius 1 is 0.778 bits per heavy atom. The van der Waals surface area contributed by atoms with Gasteiger partial charge in [0.15, 0.2) is 0 Å². The van der Waals surface area contributed by atoms with Gasteiger partial charge in [-0.3, -0.25) is 0 Å². The molecule has 0 aliphatic rings. The molecular formula is C16H34OSn. The van der Waals surface area contributed by atoms with Crippen molar-refractivity contribution in [2.45, 2.75) is 77.0 Å². The summed E-state index contributed by atoms with van der Waals surface area (Å²) < 4.78 is 6.08. The van der Waals surface area contributed by atoms with E-state index in [-0.39, 0.29) is 6.61 Å². The molecule has 0 heterocycles. The van der Waals surface area contributed by atoms with Gasteiger partial charge < -0.3 is 0 Å². The topological polar surface area (TPSA) is 20.2 Å². The summed E-state index contributed by atoms with van der Waals surface area (Å²) in [6, 6.07) is 0. The molecule has 2 heteroatoms. The molecule has 0 bridgehead atoms. The summed E-state index contributed by atoms with van der Waals surface area (Å²) in [5.41, 5.74) is 0. The summed E-state index contributed by atoms with van der Waals surface area (Å²) in [6.07, 6.45) is 12.6. The van der Waals surface area contributed by atoms with E-state index in [1.54, 1.807) is 13.3 Å². The van der Waals surface area contributed by atoms with Crippen molar-refractivity contribution in [2.24, 2.45) is 0 Å². The first-order chi connectivity index (χ1) is 8.74. The van der Waals surface area contributed by atoms with Gasteiger partial charge in [-0.05, 0) is 0 Å². The van der Waals surface area contributed by atoms with Crippen LogP contribution < -0.4 is 0 Å². The number of allylic oxidation sites excluding steroid dienone is 1. The van der Waals surface area contributed by atoms with Crippen LogP contribution in [0.15, 0.2) is 12.2 Å². The third kappa shape index (κ3) is 8.57. The maximum atomic E-state index is 8.93. The molecule has 0 radical (unpaired) electrons. The first-order valence-electron chi connectivity index (χ1n) is 8.00. The summed E-state index contributed by atoms with van der Waals surface area (Å²) in [5.74, 6) is 0. The molecular weight excluding hydrogens is 327 g/mol. The molecule has 0 aromatic heterocycles. The van der Waals surface area contributed by atoms with E-state index in [1.807, 2.05) is 6.08 Å². The fourth-order valence-corrected chi connectivity index (χ4v) is 18.0. The predicted octanol–water partition coefficient (Wildman–Crippen LogP) is 5.38. The Morgan fingerprint density at radius 2 is 1.22 bits per heavy atom. The Balaban J connectivity index is 4.56. The molecule has 0 aromatic rings. The summed E-state index contributed by atoms with van der Waals surface area (Å²) in [6.45, 7) is 7.18. The molecule has 1 nitrogen and oxygen atoms in total. The van der Waals surface area contributed by atoms with Crippen LogP contribution in [0.3, 0.4) is 0 Å². The van der Waals surface area contributed by atoms with E-state index >= 15 is 0 Å². The third-order valence-corrected chi connectivity index (χ3v) is 19.3. The summed E-state index contributed by atoms with van der Waals surface area (Å²) in [4.78, 5) is 0. The van der Waals surface area contributed by atoms with Crippen LogP contribution in [0.4, 0.5) is 0 Å². The summed E-state index contributed by atoms with van der Waals surface area (Å²) in [7, 11) is 0. The quantitative estimate of drug-likeness (QED) is 0.365.